The molecule has 0 spiro atoms. The summed E-state index contributed by atoms with van der Waals surface area (Å²) in [5, 5.41) is 14.8. The van der Waals surface area contributed by atoms with Crippen LogP contribution in [-0.4, -0.2) is 32.1 Å². The van der Waals surface area contributed by atoms with Crippen molar-refractivity contribution in [2.45, 2.75) is 31.7 Å². The molecule has 2 bridgehead atoms. The average molecular weight is 525 g/mol. The summed E-state index contributed by atoms with van der Waals surface area (Å²) in [5.41, 5.74) is 3.30. The Kier molecular flexibility index (Phi) is 5.58. The van der Waals surface area contributed by atoms with Crippen LogP contribution in [0.4, 0.5) is 14.6 Å². The van der Waals surface area contributed by atoms with Gasteiger partial charge in [0.05, 0.1) is 17.0 Å². The quantitative estimate of drug-likeness (QED) is 0.230. The molecule has 0 saturated heterocycles. The third kappa shape index (κ3) is 4.02. The van der Waals surface area contributed by atoms with E-state index < -0.39 is 23.5 Å². The van der Waals surface area contributed by atoms with Crippen molar-refractivity contribution in [3.8, 4) is 22.5 Å². The Bertz CT molecular complexity index is 1730. The maximum Gasteiger partial charge on any atom is 0.308 e. The van der Waals surface area contributed by atoms with E-state index in [0.717, 1.165) is 48.3 Å². The number of hydrogen-bond donors (Lipinski definition) is 3. The first-order valence-corrected chi connectivity index (χ1v) is 13.3. The predicted molar refractivity (Wildman–Crippen MR) is 146 cm³/mol. The number of halogens is 2. The van der Waals surface area contributed by atoms with E-state index in [2.05, 4.69) is 10.3 Å². The summed E-state index contributed by atoms with van der Waals surface area (Å²) < 4.78 is 28.7. The second kappa shape index (κ2) is 9.15. The van der Waals surface area contributed by atoms with Gasteiger partial charge in [-0.3, -0.25) is 4.79 Å². The van der Waals surface area contributed by atoms with Crippen molar-refractivity contribution < 1.29 is 18.7 Å². The lowest BCUT2D eigenvalue weighted by Gasteiger charge is -2.47. The molecule has 8 rings (SSSR count). The highest BCUT2D eigenvalue weighted by Crippen LogP contribution is 2.47. The molecular formula is C31H26F2N4O2. The average Bonchev–Trinajstić information content (AvgIpc) is 3.38. The number of H-pyrrole nitrogens is 1. The maximum absolute atomic E-state index is 14.5. The second-order valence-electron chi connectivity index (χ2n) is 10.7. The van der Waals surface area contributed by atoms with Gasteiger partial charge in [-0.1, -0.05) is 36.4 Å². The van der Waals surface area contributed by atoms with Crippen molar-refractivity contribution in [1.82, 2.24) is 15.0 Å². The number of benzene rings is 3. The smallest absolute Gasteiger partial charge is 0.308 e. The van der Waals surface area contributed by atoms with Crippen molar-refractivity contribution in [2.75, 3.05) is 5.32 Å². The van der Waals surface area contributed by atoms with Crippen LogP contribution in [0, 0.1) is 29.4 Å². The van der Waals surface area contributed by atoms with Gasteiger partial charge in [-0.25, -0.2) is 18.7 Å². The minimum Gasteiger partial charge on any atom is -0.481 e. The highest BCUT2D eigenvalue weighted by atomic mass is 19.1. The van der Waals surface area contributed by atoms with Crippen molar-refractivity contribution in [1.29, 1.82) is 0 Å². The Balaban J connectivity index is 1.41. The molecule has 3 N–H and O–H groups in total. The largest absolute Gasteiger partial charge is 0.481 e. The molecule has 6 nitrogen and oxygen atoms in total. The fourth-order valence-corrected chi connectivity index (χ4v) is 6.68. The lowest BCUT2D eigenvalue weighted by atomic mass is 9.61. The number of carbonyl (C=O) groups is 1. The van der Waals surface area contributed by atoms with Gasteiger partial charge < -0.3 is 15.4 Å². The van der Waals surface area contributed by atoms with E-state index in [9.17, 15) is 18.7 Å². The summed E-state index contributed by atoms with van der Waals surface area (Å²) in [4.78, 5) is 24.9. The monoisotopic (exact) mass is 524 g/mol. The molecule has 3 aliphatic rings. The Hall–Kier alpha value is -4.33. The number of aromatic amines is 1. The molecule has 8 heteroatoms. The van der Waals surface area contributed by atoms with Crippen LogP contribution in [0.3, 0.4) is 0 Å². The van der Waals surface area contributed by atoms with E-state index in [4.69, 9.17) is 9.97 Å². The number of hydrogen-bond acceptors (Lipinski definition) is 4. The molecule has 2 heterocycles. The van der Waals surface area contributed by atoms with Gasteiger partial charge in [0.25, 0.3) is 0 Å². The van der Waals surface area contributed by atoms with Crippen LogP contribution in [-0.2, 0) is 4.79 Å². The Morgan fingerprint density at radius 1 is 0.897 bits per heavy atom. The summed E-state index contributed by atoms with van der Waals surface area (Å²) in [6.07, 6.45) is 5.43. The molecule has 3 aromatic carbocycles. The maximum atomic E-state index is 14.5. The number of rotatable bonds is 5. The minimum atomic E-state index is -0.783. The third-order valence-corrected chi connectivity index (χ3v) is 8.56. The van der Waals surface area contributed by atoms with Gasteiger partial charge in [-0.15, -0.1) is 0 Å². The summed E-state index contributed by atoms with van der Waals surface area (Å²) in [7, 11) is 0. The van der Waals surface area contributed by atoms with Crippen LogP contribution in [0.1, 0.15) is 25.7 Å². The molecular weight excluding hydrogens is 498 g/mol. The number of carboxylic acid groups (broad SMARTS) is 1. The van der Waals surface area contributed by atoms with Crippen molar-refractivity contribution >= 4 is 33.6 Å². The molecule has 3 saturated carbocycles. The predicted octanol–water partition coefficient (Wildman–Crippen LogP) is 7.02. The fourth-order valence-electron chi connectivity index (χ4n) is 6.68. The zero-order valence-electron chi connectivity index (χ0n) is 21.0. The second-order valence-corrected chi connectivity index (χ2v) is 10.7. The third-order valence-electron chi connectivity index (χ3n) is 8.56. The van der Waals surface area contributed by atoms with Gasteiger partial charge in [-0.2, -0.15) is 0 Å². The Morgan fingerprint density at radius 3 is 2.44 bits per heavy atom. The van der Waals surface area contributed by atoms with Gasteiger partial charge >= 0.3 is 5.97 Å². The molecule has 39 heavy (non-hydrogen) atoms. The van der Waals surface area contributed by atoms with Crippen LogP contribution < -0.4 is 5.32 Å². The molecule has 5 aromatic rings. The van der Waals surface area contributed by atoms with Gasteiger partial charge in [0.15, 0.2) is 5.82 Å². The molecule has 1 unspecified atom stereocenters. The highest BCUT2D eigenvalue weighted by Gasteiger charge is 2.47. The van der Waals surface area contributed by atoms with Crippen molar-refractivity contribution in [2.24, 2.45) is 17.8 Å². The summed E-state index contributed by atoms with van der Waals surface area (Å²) in [5.74, 6) is -1.44. The number of aliphatic carboxylic acids is 1. The van der Waals surface area contributed by atoms with E-state index in [1.54, 1.807) is 6.20 Å². The highest BCUT2D eigenvalue weighted by molar-refractivity contribution is 5.98. The lowest BCUT2D eigenvalue weighted by molar-refractivity contribution is -0.148. The van der Waals surface area contributed by atoms with E-state index in [0.29, 0.717) is 28.1 Å². The first-order chi connectivity index (χ1) is 19.0. The molecule has 0 aliphatic heterocycles. The van der Waals surface area contributed by atoms with E-state index in [1.165, 1.54) is 6.07 Å². The number of carboxylic acids is 1. The number of anilines is 1. The number of nitrogens with zero attached hydrogens (tertiary/aromatic N) is 2. The molecule has 2 aromatic heterocycles. The molecule has 3 fully saturated rings. The first kappa shape index (κ1) is 23.8. The number of aromatic nitrogens is 3. The van der Waals surface area contributed by atoms with E-state index in [-0.39, 0.29) is 23.4 Å². The zero-order valence-corrected chi connectivity index (χ0v) is 21.0. The van der Waals surface area contributed by atoms with Crippen LogP contribution in [0.2, 0.25) is 0 Å². The SMILES string of the molecule is O=C(O)[C@@H]1C2CCC(CC2)C1Nc1nc(-c2c[nH]c3c(F)cc(F)cc23)nc2cc(-c3ccccc3)ccc12. The summed E-state index contributed by atoms with van der Waals surface area (Å²) >= 11 is 0. The topological polar surface area (TPSA) is 90.9 Å². The van der Waals surface area contributed by atoms with E-state index in [1.807, 2.05) is 48.5 Å². The standard InChI is InChI=1S/C31H26F2N4O2/c32-20-13-22-23(15-34-28(22)24(33)14-20)30-35-25-12-19(16-4-2-1-3-5-16)10-11-21(25)29(37-30)36-27-18-8-6-17(7-9-18)26(27)31(38)39/h1-5,10-15,17-18,26-27,34H,6-9H2,(H,38,39)(H,35,36,37)/t17?,18?,26-,27?/m1/s1. The normalized spacial score (nSPS) is 22.4. The summed E-state index contributed by atoms with van der Waals surface area (Å²) in [6, 6.07) is 17.7. The lowest BCUT2D eigenvalue weighted by Crippen LogP contribution is -2.51. The first-order valence-electron chi connectivity index (χ1n) is 13.3. The molecule has 2 atom stereocenters. The number of fused-ring (bicyclic) bond motifs is 5. The molecule has 3 aliphatic carbocycles. The van der Waals surface area contributed by atoms with Crippen molar-refractivity contribution in [3.05, 3.63) is 78.5 Å². The fraction of sp³-hybridized carbons (Fsp3) is 0.258. The van der Waals surface area contributed by atoms with Crippen LogP contribution in [0.25, 0.3) is 44.3 Å². The number of nitrogens with one attached hydrogen (secondary N) is 2. The van der Waals surface area contributed by atoms with Gasteiger partial charge in [0.1, 0.15) is 17.5 Å². The zero-order chi connectivity index (χ0) is 26.7. The van der Waals surface area contributed by atoms with Crippen molar-refractivity contribution in [3.63, 3.8) is 0 Å². The molecule has 196 valence electrons. The minimum absolute atomic E-state index is 0.141. The van der Waals surface area contributed by atoms with Crippen LogP contribution in [0.15, 0.2) is 66.9 Å². The van der Waals surface area contributed by atoms with E-state index >= 15 is 0 Å². The molecule has 0 amide bonds. The van der Waals surface area contributed by atoms with Crippen LogP contribution >= 0.6 is 0 Å². The summed E-state index contributed by atoms with van der Waals surface area (Å²) in [6.45, 7) is 0. The van der Waals surface area contributed by atoms with Crippen LogP contribution in [0.5, 0.6) is 0 Å². The Morgan fingerprint density at radius 2 is 1.67 bits per heavy atom. The van der Waals surface area contributed by atoms with Gasteiger partial charge in [0, 0.05) is 34.6 Å². The Labute approximate surface area is 223 Å². The van der Waals surface area contributed by atoms with Gasteiger partial charge in [0.2, 0.25) is 0 Å². The molecule has 0 radical (unpaired) electrons. The van der Waals surface area contributed by atoms with Gasteiger partial charge in [-0.05, 0) is 66.8 Å².